The third-order valence-electron chi connectivity index (χ3n) is 6.21. The van der Waals surface area contributed by atoms with Gasteiger partial charge >= 0.3 is 11.9 Å². The molecule has 2 aromatic heterocycles. The maximum absolute atomic E-state index is 13.7. The van der Waals surface area contributed by atoms with Crippen LogP contribution < -0.4 is 11.2 Å². The van der Waals surface area contributed by atoms with E-state index in [9.17, 15) is 27.9 Å². The monoisotopic (exact) mass is 523 g/mol. The molecule has 4 rings (SSSR count). The summed E-state index contributed by atoms with van der Waals surface area (Å²) in [4.78, 5) is 30.5. The Morgan fingerprint density at radius 3 is 2.34 bits per heavy atom. The molecule has 0 amide bonds. The first-order valence-corrected chi connectivity index (χ1v) is 11.7. The highest BCUT2D eigenvalue weighted by atomic mass is 19.4. The Kier molecular flexibility index (Phi) is 7.11. The fourth-order valence-corrected chi connectivity index (χ4v) is 4.35. The molecule has 2 heterocycles. The van der Waals surface area contributed by atoms with Crippen molar-refractivity contribution >= 4 is 5.69 Å². The van der Waals surface area contributed by atoms with Crippen LogP contribution in [0.25, 0.3) is 27.5 Å². The van der Waals surface area contributed by atoms with E-state index in [-0.39, 0.29) is 29.4 Å². The maximum atomic E-state index is 13.7. The molecule has 0 aliphatic heterocycles. The van der Waals surface area contributed by atoms with E-state index in [0.717, 1.165) is 21.3 Å². The predicted molar refractivity (Wildman–Crippen MR) is 136 cm³/mol. The molecule has 4 aromatic rings. The highest BCUT2D eigenvalue weighted by Crippen LogP contribution is 2.33. The molecular weight excluding hydrogens is 499 g/mol. The highest BCUT2D eigenvalue weighted by Gasteiger charge is 2.31. The van der Waals surface area contributed by atoms with Gasteiger partial charge in [0.25, 0.3) is 5.56 Å². The lowest BCUT2D eigenvalue weighted by molar-refractivity contribution is -0.137. The topological polar surface area (TPSA) is 86.4 Å². The summed E-state index contributed by atoms with van der Waals surface area (Å²) in [7, 11) is 0. The van der Waals surface area contributed by atoms with E-state index in [0.29, 0.717) is 22.6 Å². The fraction of sp³-hybridized carbons (Fsp3) is 0.259. The average Bonchev–Trinajstić information content (AvgIpc) is 3.31. The summed E-state index contributed by atoms with van der Waals surface area (Å²) in [5.41, 5.74) is -0.427. The third kappa shape index (κ3) is 4.66. The first-order chi connectivity index (χ1) is 18.0. The van der Waals surface area contributed by atoms with Gasteiger partial charge in [-0.1, -0.05) is 32.0 Å². The van der Waals surface area contributed by atoms with Gasteiger partial charge in [-0.2, -0.15) is 18.3 Å². The summed E-state index contributed by atoms with van der Waals surface area (Å²) in [6.45, 7) is 11.6. The summed E-state index contributed by atoms with van der Waals surface area (Å²) in [5, 5.41) is 14.1. The van der Waals surface area contributed by atoms with Gasteiger partial charge in [0.15, 0.2) is 5.69 Å². The average molecular weight is 524 g/mol. The number of nitrogens with zero attached hydrogens (tertiary/aromatic N) is 5. The van der Waals surface area contributed by atoms with E-state index in [2.05, 4.69) is 9.94 Å². The van der Waals surface area contributed by atoms with Crippen molar-refractivity contribution in [1.82, 2.24) is 18.9 Å². The van der Waals surface area contributed by atoms with Crippen LogP contribution in [-0.4, -0.2) is 30.6 Å². The van der Waals surface area contributed by atoms with Gasteiger partial charge in [0.05, 0.1) is 54.1 Å². The van der Waals surface area contributed by atoms with Crippen molar-refractivity contribution in [1.29, 1.82) is 0 Å². The molecule has 38 heavy (non-hydrogen) atoms. The summed E-state index contributed by atoms with van der Waals surface area (Å²) in [5.74, 6) is -0.111. The molecule has 8 nitrogen and oxygen atoms in total. The van der Waals surface area contributed by atoms with Crippen molar-refractivity contribution in [2.75, 3.05) is 6.61 Å². The van der Waals surface area contributed by atoms with Crippen molar-refractivity contribution in [3.05, 3.63) is 104 Å². The Morgan fingerprint density at radius 2 is 1.76 bits per heavy atom. The van der Waals surface area contributed by atoms with Crippen LogP contribution in [0.15, 0.2) is 64.3 Å². The Hall–Kier alpha value is -4.43. The van der Waals surface area contributed by atoms with Crippen LogP contribution in [0.3, 0.4) is 0 Å². The Labute approximate surface area is 215 Å². The zero-order valence-corrected chi connectivity index (χ0v) is 20.8. The van der Waals surface area contributed by atoms with Gasteiger partial charge in [0.2, 0.25) is 0 Å². The van der Waals surface area contributed by atoms with Gasteiger partial charge in [-0.15, -0.1) is 0 Å². The van der Waals surface area contributed by atoms with Gasteiger partial charge in [-0.05, 0) is 43.2 Å². The molecule has 0 spiro atoms. The lowest BCUT2D eigenvalue weighted by Gasteiger charge is -2.20. The van der Waals surface area contributed by atoms with E-state index in [4.69, 9.17) is 6.57 Å². The number of rotatable bonds is 6. The summed E-state index contributed by atoms with van der Waals surface area (Å²) < 4.78 is 43.8. The fourth-order valence-electron chi connectivity index (χ4n) is 4.35. The molecule has 1 N–H and O–H groups in total. The molecule has 0 saturated carbocycles. The summed E-state index contributed by atoms with van der Waals surface area (Å²) in [6, 6.07) is 10.8. The zero-order valence-electron chi connectivity index (χ0n) is 20.8. The van der Waals surface area contributed by atoms with Crippen LogP contribution in [0.1, 0.15) is 36.6 Å². The minimum Gasteiger partial charge on any atom is -0.395 e. The van der Waals surface area contributed by atoms with Crippen molar-refractivity contribution in [3.8, 4) is 22.6 Å². The van der Waals surface area contributed by atoms with Gasteiger partial charge in [-0.25, -0.2) is 14.3 Å². The molecule has 0 atom stereocenters. The van der Waals surface area contributed by atoms with Crippen LogP contribution in [0.2, 0.25) is 0 Å². The number of hydrogen-bond donors (Lipinski definition) is 1. The third-order valence-corrected chi connectivity index (χ3v) is 6.21. The molecule has 2 aromatic carbocycles. The number of benzene rings is 2. The van der Waals surface area contributed by atoms with E-state index in [1.165, 1.54) is 23.7 Å². The Bertz CT molecular complexity index is 1660. The normalized spacial score (nSPS) is 11.7. The lowest BCUT2D eigenvalue weighted by atomic mass is 9.98. The molecule has 0 saturated heterocycles. The van der Waals surface area contributed by atoms with Crippen molar-refractivity contribution in [2.45, 2.75) is 39.4 Å². The number of halogens is 3. The van der Waals surface area contributed by atoms with E-state index < -0.39 is 29.6 Å². The molecule has 0 aliphatic rings. The minimum absolute atomic E-state index is 0.0610. The minimum atomic E-state index is -4.64. The molecule has 0 aliphatic carbocycles. The molecule has 0 fully saturated rings. The SMILES string of the molecule is [C-]#[N+]c1ccc(-n2ncc(C(C)C)c2-c2c(C)n(-c3cccc(C(F)(F)F)c3)c(=O)n(CCO)c2=O)cc1. The Balaban J connectivity index is 2.11. The van der Waals surface area contributed by atoms with E-state index in [1.807, 2.05) is 13.8 Å². The van der Waals surface area contributed by atoms with Crippen molar-refractivity contribution in [3.63, 3.8) is 0 Å². The zero-order chi connectivity index (χ0) is 27.8. The quantitative estimate of drug-likeness (QED) is 0.367. The second-order valence-electron chi connectivity index (χ2n) is 8.95. The van der Waals surface area contributed by atoms with Crippen molar-refractivity contribution in [2.24, 2.45) is 0 Å². The molecular formula is C27H24F3N5O3. The summed E-state index contributed by atoms with van der Waals surface area (Å²) in [6.07, 6.45) is -3.05. The molecule has 0 unspecified atom stereocenters. The largest absolute Gasteiger partial charge is 0.416 e. The smallest absolute Gasteiger partial charge is 0.395 e. The molecule has 196 valence electrons. The van der Waals surface area contributed by atoms with Gasteiger partial charge in [0.1, 0.15) is 0 Å². The molecule has 0 radical (unpaired) electrons. The van der Waals surface area contributed by atoms with Gasteiger partial charge in [-0.3, -0.25) is 13.9 Å². The van der Waals surface area contributed by atoms with E-state index >= 15 is 0 Å². The number of aliphatic hydroxyl groups is 1. The van der Waals surface area contributed by atoms with Gasteiger partial charge in [0, 0.05) is 11.3 Å². The van der Waals surface area contributed by atoms with E-state index in [1.54, 1.807) is 30.5 Å². The van der Waals surface area contributed by atoms with Gasteiger partial charge < -0.3 is 5.11 Å². The van der Waals surface area contributed by atoms with Crippen LogP contribution in [0, 0.1) is 13.5 Å². The second kappa shape index (κ2) is 10.1. The standard InChI is InChI=1S/C27H24F3N5O3/c1-16(2)22-15-32-35(20-10-8-19(31-4)9-11-20)24(22)23-17(3)34(26(38)33(12-13-36)25(23)37)21-7-5-6-18(14-21)27(28,29)30/h5-11,14-16,36H,12-13H2,1-3H3. The predicted octanol–water partition coefficient (Wildman–Crippen LogP) is 4.85. The number of hydrogen-bond acceptors (Lipinski definition) is 4. The van der Waals surface area contributed by atoms with Crippen LogP contribution in [0.4, 0.5) is 18.9 Å². The first kappa shape index (κ1) is 26.6. The number of alkyl halides is 3. The maximum Gasteiger partial charge on any atom is 0.416 e. The Morgan fingerprint density at radius 1 is 1.08 bits per heavy atom. The van der Waals surface area contributed by atoms with Crippen molar-refractivity contribution < 1.29 is 18.3 Å². The first-order valence-electron chi connectivity index (χ1n) is 11.7. The molecule has 11 heteroatoms. The number of aromatic nitrogens is 4. The highest BCUT2D eigenvalue weighted by molar-refractivity contribution is 5.69. The van der Waals surface area contributed by atoms with Crippen LogP contribution in [-0.2, 0) is 12.7 Å². The number of aliphatic hydroxyl groups excluding tert-OH is 1. The molecule has 0 bridgehead atoms. The van der Waals surface area contributed by atoms with Crippen LogP contribution in [0.5, 0.6) is 0 Å². The lowest BCUT2D eigenvalue weighted by Crippen LogP contribution is -2.42. The summed E-state index contributed by atoms with van der Waals surface area (Å²) >= 11 is 0. The van der Waals surface area contributed by atoms with Crippen LogP contribution >= 0.6 is 0 Å². The second-order valence-corrected chi connectivity index (χ2v) is 8.95.